The van der Waals surface area contributed by atoms with Crippen LogP contribution in [0.15, 0.2) is 48.5 Å². The highest BCUT2D eigenvalue weighted by Gasteiger charge is 2.42. The lowest BCUT2D eigenvalue weighted by Crippen LogP contribution is -2.40. The van der Waals surface area contributed by atoms with Gasteiger partial charge in [-0.2, -0.15) is 11.8 Å². The molecule has 3 atom stereocenters. The van der Waals surface area contributed by atoms with Gasteiger partial charge in [-0.1, -0.05) is 12.1 Å². The fourth-order valence-electron chi connectivity index (χ4n) is 3.96. The van der Waals surface area contributed by atoms with Crippen molar-refractivity contribution in [3.63, 3.8) is 0 Å². The first kappa shape index (κ1) is 17.1. The predicted molar refractivity (Wildman–Crippen MR) is 108 cm³/mol. The molecule has 3 N–H and O–H groups in total. The number of nitrogens with zero attached hydrogens (tertiary/aromatic N) is 1. The van der Waals surface area contributed by atoms with E-state index in [2.05, 4.69) is 16.0 Å². The number of nitrogens with one attached hydrogen (secondary N) is 3. The van der Waals surface area contributed by atoms with Crippen molar-refractivity contribution in [1.29, 1.82) is 0 Å². The molecule has 3 heterocycles. The Labute approximate surface area is 165 Å². The van der Waals surface area contributed by atoms with Gasteiger partial charge in [-0.15, -0.1) is 0 Å². The lowest BCUT2D eigenvalue weighted by molar-refractivity contribution is -0.113. The van der Waals surface area contributed by atoms with Crippen LogP contribution in [0.1, 0.15) is 10.4 Å². The molecule has 5 rings (SSSR count). The Kier molecular flexibility index (Phi) is 4.01. The van der Waals surface area contributed by atoms with Crippen molar-refractivity contribution in [2.45, 2.75) is 17.3 Å². The number of carbonyl (C=O) groups excluding carboxylic acids is 3. The maximum Gasteiger partial charge on any atom is 0.315 e. The van der Waals surface area contributed by atoms with Crippen LogP contribution in [0.4, 0.5) is 21.9 Å². The smallest absolute Gasteiger partial charge is 0.315 e. The third-order valence-electron chi connectivity index (χ3n) is 5.36. The zero-order chi connectivity index (χ0) is 19.3. The van der Waals surface area contributed by atoms with Crippen molar-refractivity contribution in [3.8, 4) is 0 Å². The standard InChI is InChI=1S/C20H18N4O3S/c25-18-13-3-1-2-4-15(13)24(19(18)26)12-7-5-11(6-8-12)21-9-16-17-14(10-28-16)22-20(27)23-17/h1-8,14,16-17,21H,9-10H2,(H2,22,23,27)/t14-,16-,17-/m0/s1. The normalized spacial score (nSPS) is 25.4. The van der Waals surface area contributed by atoms with Crippen molar-refractivity contribution in [3.05, 3.63) is 54.1 Å². The van der Waals surface area contributed by atoms with Gasteiger partial charge in [0, 0.05) is 28.9 Å². The molecule has 0 aliphatic carbocycles. The molecular weight excluding hydrogens is 376 g/mol. The van der Waals surface area contributed by atoms with Crippen LogP contribution in [0.25, 0.3) is 0 Å². The molecule has 2 aromatic rings. The quantitative estimate of drug-likeness (QED) is 0.546. The first-order chi connectivity index (χ1) is 13.6. The van der Waals surface area contributed by atoms with Crippen LogP contribution in [0.5, 0.6) is 0 Å². The van der Waals surface area contributed by atoms with E-state index in [1.54, 1.807) is 18.2 Å². The van der Waals surface area contributed by atoms with Crippen molar-refractivity contribution in [1.82, 2.24) is 10.6 Å². The first-order valence-corrected chi connectivity index (χ1v) is 10.2. The molecule has 2 saturated heterocycles. The minimum absolute atomic E-state index is 0.0882. The van der Waals surface area contributed by atoms with Crippen LogP contribution in [0, 0.1) is 0 Å². The topological polar surface area (TPSA) is 90.5 Å². The number of amides is 3. The second-order valence-electron chi connectivity index (χ2n) is 7.04. The number of anilines is 3. The van der Waals surface area contributed by atoms with Crippen LogP contribution in [-0.2, 0) is 4.79 Å². The summed E-state index contributed by atoms with van der Waals surface area (Å²) in [6.07, 6.45) is 0. The molecule has 0 radical (unpaired) electrons. The Hall–Kier alpha value is -3.00. The Balaban J connectivity index is 1.28. The van der Waals surface area contributed by atoms with Crippen LogP contribution in [-0.4, -0.2) is 47.4 Å². The fourth-order valence-corrected chi connectivity index (χ4v) is 5.37. The number of urea groups is 1. The van der Waals surface area contributed by atoms with Gasteiger partial charge in [-0.05, 0) is 36.4 Å². The van der Waals surface area contributed by atoms with Crippen molar-refractivity contribution in [2.75, 3.05) is 22.5 Å². The SMILES string of the molecule is O=C1N[C@H]2[C@H](CS[C@H]2CNc2ccc(N3C(=O)C(=O)c4ccccc43)cc2)N1. The summed E-state index contributed by atoms with van der Waals surface area (Å²) < 4.78 is 0. The number of carbonyl (C=O) groups is 3. The van der Waals surface area contributed by atoms with Gasteiger partial charge < -0.3 is 16.0 Å². The minimum Gasteiger partial charge on any atom is -0.384 e. The number of fused-ring (bicyclic) bond motifs is 2. The number of hydrogen-bond acceptors (Lipinski definition) is 5. The zero-order valence-corrected chi connectivity index (χ0v) is 15.7. The molecule has 7 nitrogen and oxygen atoms in total. The van der Waals surface area contributed by atoms with E-state index in [9.17, 15) is 14.4 Å². The third kappa shape index (κ3) is 2.72. The monoisotopic (exact) mass is 394 g/mol. The van der Waals surface area contributed by atoms with Gasteiger partial charge in [0.15, 0.2) is 0 Å². The number of ketones is 1. The summed E-state index contributed by atoms with van der Waals surface area (Å²) in [7, 11) is 0. The maximum absolute atomic E-state index is 12.4. The number of Topliss-reactive ketones (excluding diaryl/α,β-unsaturated/α-hetero) is 1. The molecule has 3 aliphatic heterocycles. The van der Waals surface area contributed by atoms with Crippen LogP contribution < -0.4 is 20.9 Å². The molecule has 0 spiro atoms. The van der Waals surface area contributed by atoms with Gasteiger partial charge in [0.05, 0.1) is 23.3 Å². The van der Waals surface area contributed by atoms with E-state index in [0.717, 1.165) is 18.0 Å². The fraction of sp³-hybridized carbons (Fsp3) is 0.250. The van der Waals surface area contributed by atoms with Gasteiger partial charge in [0.2, 0.25) is 0 Å². The van der Waals surface area contributed by atoms with Gasteiger partial charge in [-0.25, -0.2) is 4.79 Å². The van der Waals surface area contributed by atoms with Crippen LogP contribution in [0.3, 0.4) is 0 Å². The summed E-state index contributed by atoms with van der Waals surface area (Å²) in [5.74, 6) is -0.0863. The summed E-state index contributed by atoms with van der Waals surface area (Å²) in [6, 6.07) is 14.8. The molecule has 0 bridgehead atoms. The van der Waals surface area contributed by atoms with Crippen molar-refractivity contribution in [2.24, 2.45) is 0 Å². The highest BCUT2D eigenvalue weighted by Crippen LogP contribution is 2.36. The Bertz CT molecular complexity index is 978. The Morgan fingerprint density at radius 1 is 1.04 bits per heavy atom. The molecule has 0 saturated carbocycles. The molecule has 2 aromatic carbocycles. The zero-order valence-electron chi connectivity index (χ0n) is 14.8. The lowest BCUT2D eigenvalue weighted by Gasteiger charge is -2.19. The largest absolute Gasteiger partial charge is 0.384 e. The average Bonchev–Trinajstić information content (AvgIpc) is 3.33. The van der Waals surface area contributed by atoms with Gasteiger partial charge in [0.1, 0.15) is 0 Å². The van der Waals surface area contributed by atoms with E-state index >= 15 is 0 Å². The maximum atomic E-state index is 12.4. The van der Waals surface area contributed by atoms with Crippen LogP contribution in [0.2, 0.25) is 0 Å². The number of hydrogen-bond donors (Lipinski definition) is 3. The number of rotatable bonds is 4. The highest BCUT2D eigenvalue weighted by molar-refractivity contribution is 8.00. The molecule has 142 valence electrons. The number of benzene rings is 2. The third-order valence-corrected chi connectivity index (χ3v) is 6.80. The van der Waals surface area contributed by atoms with E-state index in [4.69, 9.17) is 0 Å². The number of thioether (sulfide) groups is 1. The first-order valence-electron chi connectivity index (χ1n) is 9.12. The average molecular weight is 394 g/mol. The summed E-state index contributed by atoms with van der Waals surface area (Å²) >= 11 is 1.84. The molecule has 0 unspecified atom stereocenters. The second kappa shape index (κ2) is 6.56. The summed E-state index contributed by atoms with van der Waals surface area (Å²) in [5, 5.41) is 9.61. The Morgan fingerprint density at radius 3 is 2.64 bits per heavy atom. The van der Waals surface area contributed by atoms with Gasteiger partial charge in [0.25, 0.3) is 5.78 Å². The molecule has 2 fully saturated rings. The van der Waals surface area contributed by atoms with E-state index in [1.807, 2.05) is 42.1 Å². The van der Waals surface area contributed by atoms with Crippen LogP contribution >= 0.6 is 11.8 Å². The summed E-state index contributed by atoms with van der Waals surface area (Å²) in [5.41, 5.74) is 2.65. The van der Waals surface area contributed by atoms with E-state index < -0.39 is 11.7 Å². The highest BCUT2D eigenvalue weighted by atomic mass is 32.2. The minimum atomic E-state index is -0.528. The molecule has 0 aromatic heterocycles. The summed E-state index contributed by atoms with van der Waals surface area (Å²) in [6.45, 7) is 0.733. The molecule has 28 heavy (non-hydrogen) atoms. The molecule has 3 aliphatic rings. The van der Waals surface area contributed by atoms with Gasteiger partial charge >= 0.3 is 11.9 Å². The van der Waals surface area contributed by atoms with E-state index in [1.165, 1.54) is 4.90 Å². The second-order valence-corrected chi connectivity index (χ2v) is 8.31. The van der Waals surface area contributed by atoms with E-state index in [-0.39, 0.29) is 18.1 Å². The van der Waals surface area contributed by atoms with Crippen molar-refractivity contribution < 1.29 is 14.4 Å². The summed E-state index contributed by atoms with van der Waals surface area (Å²) in [4.78, 5) is 37.5. The van der Waals surface area contributed by atoms with Gasteiger partial charge in [-0.3, -0.25) is 14.5 Å². The Morgan fingerprint density at radius 2 is 1.82 bits per heavy atom. The lowest BCUT2D eigenvalue weighted by atomic mass is 10.1. The van der Waals surface area contributed by atoms with E-state index in [0.29, 0.717) is 22.2 Å². The molecule has 8 heteroatoms. The molecule has 3 amide bonds. The predicted octanol–water partition coefficient (Wildman–Crippen LogP) is 2.12. The van der Waals surface area contributed by atoms with Crippen molar-refractivity contribution >= 4 is 46.5 Å². The molecular formula is C20H18N4O3S. The number of para-hydroxylation sites is 1.